The van der Waals surface area contributed by atoms with Gasteiger partial charge < -0.3 is 27.8 Å². The number of carbonyl (C=O) groups excluding carboxylic acids is 2. The average Bonchev–Trinajstić information content (AvgIpc) is 3.02. The van der Waals surface area contributed by atoms with Crippen LogP contribution in [0.2, 0.25) is 0 Å². The van der Waals surface area contributed by atoms with Gasteiger partial charge in [0.05, 0.1) is 6.04 Å². The predicted molar refractivity (Wildman–Crippen MR) is 91.8 cm³/mol. The molecule has 0 saturated carbocycles. The molecule has 1 aromatic carbocycles. The van der Waals surface area contributed by atoms with Crippen molar-refractivity contribution in [1.29, 1.82) is 0 Å². The minimum Gasteiger partial charge on any atom is -0.370 e. The zero-order chi connectivity index (χ0) is 17.5. The number of nitrogens with one attached hydrogen (secondary N) is 2. The molecule has 8 nitrogen and oxygen atoms in total. The second-order valence-corrected chi connectivity index (χ2v) is 5.98. The molecule has 1 saturated heterocycles. The molecule has 2 rings (SSSR count). The summed E-state index contributed by atoms with van der Waals surface area (Å²) in [6, 6.07) is 8.31. The summed E-state index contributed by atoms with van der Waals surface area (Å²) in [5.74, 6) is -0.562. The first-order valence-electron chi connectivity index (χ1n) is 7.88. The Kier molecular flexibility index (Phi) is 6.14. The van der Waals surface area contributed by atoms with Crippen LogP contribution in [0.1, 0.15) is 12.0 Å². The quantitative estimate of drug-likeness (QED) is 0.303. The van der Waals surface area contributed by atoms with Crippen molar-refractivity contribution < 1.29 is 9.59 Å². The van der Waals surface area contributed by atoms with Gasteiger partial charge in [0.2, 0.25) is 11.8 Å². The summed E-state index contributed by atoms with van der Waals surface area (Å²) in [4.78, 5) is 28.0. The first kappa shape index (κ1) is 17.7. The maximum Gasteiger partial charge on any atom is 0.240 e. The molecular weight excluding hydrogens is 308 g/mol. The number of primary amides is 1. The summed E-state index contributed by atoms with van der Waals surface area (Å²) in [6.45, 7) is 1.12. The molecule has 0 aliphatic carbocycles. The van der Waals surface area contributed by atoms with Gasteiger partial charge in [-0.25, -0.2) is 0 Å². The van der Waals surface area contributed by atoms with Crippen molar-refractivity contribution >= 4 is 17.8 Å². The third kappa shape index (κ3) is 5.24. The maximum absolute atomic E-state index is 12.4. The van der Waals surface area contributed by atoms with Crippen molar-refractivity contribution in [2.75, 3.05) is 13.1 Å². The number of hydrogen-bond acceptors (Lipinski definition) is 4. The van der Waals surface area contributed by atoms with E-state index in [1.807, 2.05) is 30.3 Å². The molecule has 0 spiro atoms. The lowest BCUT2D eigenvalue weighted by Crippen LogP contribution is -2.51. The number of benzene rings is 1. The van der Waals surface area contributed by atoms with E-state index in [1.165, 1.54) is 0 Å². The molecule has 0 aromatic heterocycles. The van der Waals surface area contributed by atoms with E-state index in [1.54, 1.807) is 0 Å². The van der Waals surface area contributed by atoms with Crippen molar-refractivity contribution in [1.82, 2.24) is 10.6 Å². The molecule has 24 heavy (non-hydrogen) atoms. The Hall–Kier alpha value is -2.61. The summed E-state index contributed by atoms with van der Waals surface area (Å²) >= 11 is 0. The van der Waals surface area contributed by atoms with Gasteiger partial charge in [0.15, 0.2) is 5.96 Å². The molecule has 1 aromatic rings. The van der Waals surface area contributed by atoms with Crippen LogP contribution < -0.4 is 27.8 Å². The molecule has 8 N–H and O–H groups in total. The highest BCUT2D eigenvalue weighted by atomic mass is 16.2. The van der Waals surface area contributed by atoms with E-state index in [0.717, 1.165) is 5.56 Å². The summed E-state index contributed by atoms with van der Waals surface area (Å²) in [5.41, 5.74) is 17.0. The number of amides is 2. The molecule has 3 atom stereocenters. The van der Waals surface area contributed by atoms with Crippen LogP contribution in [0.5, 0.6) is 0 Å². The van der Waals surface area contributed by atoms with E-state index in [9.17, 15) is 9.59 Å². The number of rotatable bonds is 7. The van der Waals surface area contributed by atoms with Crippen LogP contribution in [0.15, 0.2) is 35.3 Å². The zero-order valence-corrected chi connectivity index (χ0v) is 13.4. The zero-order valence-electron chi connectivity index (χ0n) is 13.4. The second kappa shape index (κ2) is 8.30. The highest BCUT2D eigenvalue weighted by Crippen LogP contribution is 2.15. The van der Waals surface area contributed by atoms with Gasteiger partial charge in [-0.05, 0) is 17.9 Å². The van der Waals surface area contributed by atoms with E-state index in [4.69, 9.17) is 17.2 Å². The fourth-order valence-electron chi connectivity index (χ4n) is 2.73. The topological polar surface area (TPSA) is 149 Å². The third-order valence-electron chi connectivity index (χ3n) is 4.01. The van der Waals surface area contributed by atoms with Crippen molar-refractivity contribution in [3.8, 4) is 0 Å². The first-order chi connectivity index (χ1) is 11.5. The summed E-state index contributed by atoms with van der Waals surface area (Å²) < 4.78 is 0. The van der Waals surface area contributed by atoms with E-state index in [2.05, 4.69) is 15.6 Å². The molecule has 2 amide bonds. The van der Waals surface area contributed by atoms with Gasteiger partial charge in [0, 0.05) is 19.5 Å². The Morgan fingerprint density at radius 2 is 1.96 bits per heavy atom. The minimum atomic E-state index is -0.738. The second-order valence-electron chi connectivity index (χ2n) is 5.98. The van der Waals surface area contributed by atoms with Crippen LogP contribution in [0.4, 0.5) is 0 Å². The van der Waals surface area contributed by atoms with E-state index < -0.39 is 11.9 Å². The Morgan fingerprint density at radius 3 is 2.58 bits per heavy atom. The van der Waals surface area contributed by atoms with Gasteiger partial charge in [-0.3, -0.25) is 14.6 Å². The van der Waals surface area contributed by atoms with Gasteiger partial charge >= 0.3 is 0 Å². The number of nitrogens with two attached hydrogens (primary N) is 3. The molecule has 1 fully saturated rings. The first-order valence-corrected chi connectivity index (χ1v) is 7.88. The van der Waals surface area contributed by atoms with E-state index in [0.29, 0.717) is 25.9 Å². The Labute approximate surface area is 140 Å². The van der Waals surface area contributed by atoms with Gasteiger partial charge in [-0.2, -0.15) is 0 Å². The Bertz CT molecular complexity index is 600. The molecule has 8 heteroatoms. The number of guanidine groups is 1. The average molecular weight is 332 g/mol. The summed E-state index contributed by atoms with van der Waals surface area (Å²) in [6.07, 6.45) is 0.978. The van der Waals surface area contributed by atoms with Gasteiger partial charge in [0.1, 0.15) is 6.04 Å². The molecular formula is C16H24N6O2. The standard InChI is InChI=1S/C16H24N6O2/c17-14(23)12(6-10-4-2-1-3-5-10)22-15(24)13-7-11(8-20-13)9-21-16(18)19/h1-5,11-13,20H,6-9H2,(H2,17,23)(H,22,24)(H4,18,19,21)/t11-,12-,13-/m0/s1. The lowest BCUT2D eigenvalue weighted by atomic mass is 10.0. The predicted octanol–water partition coefficient (Wildman–Crippen LogP) is -1.55. The number of nitrogens with zero attached hydrogens (tertiary/aromatic N) is 1. The normalized spacial score (nSPS) is 21.0. The van der Waals surface area contributed by atoms with Crippen LogP contribution in [0, 0.1) is 5.92 Å². The van der Waals surface area contributed by atoms with Crippen LogP contribution in [0.3, 0.4) is 0 Å². The largest absolute Gasteiger partial charge is 0.370 e. The van der Waals surface area contributed by atoms with Crippen LogP contribution in [-0.2, 0) is 16.0 Å². The van der Waals surface area contributed by atoms with Crippen LogP contribution in [-0.4, -0.2) is 42.9 Å². The third-order valence-corrected chi connectivity index (χ3v) is 4.01. The van der Waals surface area contributed by atoms with E-state index in [-0.39, 0.29) is 23.8 Å². The highest BCUT2D eigenvalue weighted by molar-refractivity contribution is 5.89. The molecule has 0 radical (unpaired) electrons. The van der Waals surface area contributed by atoms with Crippen molar-refractivity contribution in [3.05, 3.63) is 35.9 Å². The fraction of sp³-hybridized carbons (Fsp3) is 0.438. The Balaban J connectivity index is 1.89. The van der Waals surface area contributed by atoms with Crippen molar-refractivity contribution in [2.24, 2.45) is 28.1 Å². The molecule has 1 aliphatic heterocycles. The summed E-state index contributed by atoms with van der Waals surface area (Å²) in [7, 11) is 0. The van der Waals surface area contributed by atoms with E-state index >= 15 is 0 Å². The number of hydrogen-bond donors (Lipinski definition) is 5. The van der Waals surface area contributed by atoms with Crippen LogP contribution >= 0.6 is 0 Å². The SMILES string of the molecule is NC(=O)[C@H](Cc1ccccc1)NC(=O)[C@@H]1C[C@H](CN=C(N)N)CN1. The lowest BCUT2D eigenvalue weighted by Gasteiger charge is -2.18. The minimum absolute atomic E-state index is 0.0413. The molecule has 0 unspecified atom stereocenters. The summed E-state index contributed by atoms with van der Waals surface area (Å²) in [5, 5.41) is 5.85. The van der Waals surface area contributed by atoms with Gasteiger partial charge in [-0.1, -0.05) is 30.3 Å². The smallest absolute Gasteiger partial charge is 0.240 e. The maximum atomic E-state index is 12.4. The molecule has 1 heterocycles. The molecule has 0 bridgehead atoms. The van der Waals surface area contributed by atoms with Gasteiger partial charge in [-0.15, -0.1) is 0 Å². The monoisotopic (exact) mass is 332 g/mol. The highest BCUT2D eigenvalue weighted by Gasteiger charge is 2.31. The van der Waals surface area contributed by atoms with Crippen molar-refractivity contribution in [2.45, 2.75) is 24.9 Å². The number of carbonyl (C=O) groups is 2. The van der Waals surface area contributed by atoms with Crippen LogP contribution in [0.25, 0.3) is 0 Å². The lowest BCUT2D eigenvalue weighted by molar-refractivity contribution is -0.128. The van der Waals surface area contributed by atoms with Gasteiger partial charge in [0.25, 0.3) is 0 Å². The molecule has 130 valence electrons. The van der Waals surface area contributed by atoms with Crippen molar-refractivity contribution in [3.63, 3.8) is 0 Å². The number of aliphatic imine (C=N–C) groups is 1. The Morgan fingerprint density at radius 1 is 1.25 bits per heavy atom. The fourth-order valence-corrected chi connectivity index (χ4v) is 2.73. The molecule has 1 aliphatic rings.